The minimum absolute atomic E-state index is 0.494. The standard InChI is InChI=1S/C12H13ClN4/c13-7-10-8-14-2-1-11(10)17-6-5-16-4-3-15-12(16)9-17/h1-4,8H,5-7,9H2. The van der Waals surface area contributed by atoms with E-state index in [4.69, 9.17) is 11.6 Å². The van der Waals surface area contributed by atoms with Crippen LogP contribution in [0.5, 0.6) is 0 Å². The predicted molar refractivity (Wildman–Crippen MR) is 67.1 cm³/mol. The number of anilines is 1. The van der Waals surface area contributed by atoms with Crippen LogP contribution in [0.2, 0.25) is 0 Å². The molecule has 5 heteroatoms. The normalized spacial score (nSPS) is 14.8. The van der Waals surface area contributed by atoms with Crippen molar-refractivity contribution in [3.63, 3.8) is 0 Å². The smallest absolute Gasteiger partial charge is 0.128 e. The molecule has 17 heavy (non-hydrogen) atoms. The minimum Gasteiger partial charge on any atom is -0.362 e. The number of halogens is 1. The number of aromatic nitrogens is 3. The van der Waals surface area contributed by atoms with Gasteiger partial charge in [-0.2, -0.15) is 0 Å². The molecular weight excluding hydrogens is 236 g/mol. The molecule has 0 fully saturated rings. The Hall–Kier alpha value is -1.55. The number of pyridine rings is 1. The lowest BCUT2D eigenvalue weighted by molar-refractivity contribution is 0.559. The largest absolute Gasteiger partial charge is 0.362 e. The van der Waals surface area contributed by atoms with E-state index in [0.717, 1.165) is 31.0 Å². The summed E-state index contributed by atoms with van der Waals surface area (Å²) < 4.78 is 2.19. The van der Waals surface area contributed by atoms with E-state index in [1.165, 1.54) is 5.69 Å². The van der Waals surface area contributed by atoms with Crippen molar-refractivity contribution in [2.75, 3.05) is 11.4 Å². The maximum absolute atomic E-state index is 5.94. The highest BCUT2D eigenvalue weighted by molar-refractivity contribution is 6.17. The third-order valence-electron chi connectivity index (χ3n) is 3.11. The van der Waals surface area contributed by atoms with Gasteiger partial charge in [0.05, 0.1) is 12.4 Å². The summed E-state index contributed by atoms with van der Waals surface area (Å²) >= 11 is 5.94. The van der Waals surface area contributed by atoms with Crippen molar-refractivity contribution in [3.8, 4) is 0 Å². The molecule has 2 aromatic rings. The lowest BCUT2D eigenvalue weighted by Crippen LogP contribution is -2.34. The second kappa shape index (κ2) is 4.37. The molecule has 0 aliphatic carbocycles. The van der Waals surface area contributed by atoms with Crippen LogP contribution in [-0.4, -0.2) is 21.1 Å². The Balaban J connectivity index is 1.91. The van der Waals surface area contributed by atoms with Gasteiger partial charge in [-0.25, -0.2) is 4.98 Å². The molecule has 0 saturated heterocycles. The van der Waals surface area contributed by atoms with Gasteiger partial charge in [-0.1, -0.05) is 0 Å². The van der Waals surface area contributed by atoms with Crippen molar-refractivity contribution < 1.29 is 0 Å². The monoisotopic (exact) mass is 248 g/mol. The first kappa shape index (κ1) is 10.6. The molecule has 0 atom stereocenters. The van der Waals surface area contributed by atoms with Crippen LogP contribution in [0.4, 0.5) is 5.69 Å². The van der Waals surface area contributed by atoms with Crippen LogP contribution in [0.15, 0.2) is 30.9 Å². The molecule has 0 N–H and O–H groups in total. The molecule has 0 spiro atoms. The van der Waals surface area contributed by atoms with Crippen LogP contribution in [0.25, 0.3) is 0 Å². The van der Waals surface area contributed by atoms with Gasteiger partial charge >= 0.3 is 0 Å². The maximum Gasteiger partial charge on any atom is 0.128 e. The Bertz CT molecular complexity index is 523. The highest BCUT2D eigenvalue weighted by Crippen LogP contribution is 2.24. The fourth-order valence-corrected chi connectivity index (χ4v) is 2.42. The average Bonchev–Trinajstić information content (AvgIpc) is 2.85. The molecule has 3 rings (SSSR count). The van der Waals surface area contributed by atoms with Crippen molar-refractivity contribution >= 4 is 17.3 Å². The number of fused-ring (bicyclic) bond motifs is 1. The quantitative estimate of drug-likeness (QED) is 0.763. The number of alkyl halides is 1. The van der Waals surface area contributed by atoms with E-state index >= 15 is 0 Å². The van der Waals surface area contributed by atoms with Crippen molar-refractivity contribution in [2.45, 2.75) is 19.0 Å². The summed E-state index contributed by atoms with van der Waals surface area (Å²) in [6.45, 7) is 2.79. The van der Waals surface area contributed by atoms with Crippen molar-refractivity contribution in [3.05, 3.63) is 42.2 Å². The van der Waals surface area contributed by atoms with Crippen molar-refractivity contribution in [2.24, 2.45) is 0 Å². The predicted octanol–water partition coefficient (Wildman–Crippen LogP) is 2.04. The number of rotatable bonds is 2. The first-order valence-electron chi connectivity index (χ1n) is 5.62. The average molecular weight is 249 g/mol. The molecule has 0 unspecified atom stereocenters. The van der Waals surface area contributed by atoms with Gasteiger partial charge in [-0.3, -0.25) is 4.98 Å². The highest BCUT2D eigenvalue weighted by atomic mass is 35.5. The van der Waals surface area contributed by atoms with Crippen LogP contribution in [0, 0.1) is 0 Å². The molecule has 1 aliphatic heterocycles. The van der Waals surface area contributed by atoms with E-state index in [1.54, 1.807) is 0 Å². The number of imidazole rings is 1. The Morgan fingerprint density at radius 2 is 2.24 bits per heavy atom. The summed E-state index contributed by atoms with van der Waals surface area (Å²) in [6, 6.07) is 2.02. The van der Waals surface area contributed by atoms with Gasteiger partial charge in [-0.05, 0) is 6.07 Å². The molecular formula is C12H13ClN4. The summed E-state index contributed by atoms with van der Waals surface area (Å²) in [5, 5.41) is 0. The van der Waals surface area contributed by atoms with E-state index in [1.807, 2.05) is 30.9 Å². The van der Waals surface area contributed by atoms with E-state index in [0.29, 0.717) is 5.88 Å². The van der Waals surface area contributed by atoms with Crippen LogP contribution >= 0.6 is 11.6 Å². The van der Waals surface area contributed by atoms with Gasteiger partial charge in [0.25, 0.3) is 0 Å². The van der Waals surface area contributed by atoms with Crippen LogP contribution in [-0.2, 0) is 19.0 Å². The zero-order chi connectivity index (χ0) is 11.7. The van der Waals surface area contributed by atoms with E-state index in [9.17, 15) is 0 Å². The first-order valence-corrected chi connectivity index (χ1v) is 6.16. The summed E-state index contributed by atoms with van der Waals surface area (Å²) in [7, 11) is 0. The van der Waals surface area contributed by atoms with Crippen molar-refractivity contribution in [1.29, 1.82) is 0 Å². The summed E-state index contributed by atoms with van der Waals surface area (Å²) in [5.74, 6) is 1.60. The Labute approximate surface area is 105 Å². The molecule has 0 aromatic carbocycles. The Kier molecular flexibility index (Phi) is 2.73. The number of hydrogen-bond donors (Lipinski definition) is 0. The third-order valence-corrected chi connectivity index (χ3v) is 3.40. The fraction of sp³-hybridized carbons (Fsp3) is 0.333. The molecule has 4 nitrogen and oxygen atoms in total. The summed E-state index contributed by atoms with van der Waals surface area (Å²) in [6.07, 6.45) is 7.53. The summed E-state index contributed by atoms with van der Waals surface area (Å²) in [5.41, 5.74) is 2.25. The molecule has 88 valence electrons. The fourth-order valence-electron chi connectivity index (χ4n) is 2.21. The van der Waals surface area contributed by atoms with Gasteiger partial charge in [0, 0.05) is 49.1 Å². The van der Waals surface area contributed by atoms with Gasteiger partial charge in [0.1, 0.15) is 5.82 Å². The summed E-state index contributed by atoms with van der Waals surface area (Å²) in [4.78, 5) is 10.8. The number of nitrogens with zero attached hydrogens (tertiary/aromatic N) is 4. The molecule has 3 heterocycles. The van der Waals surface area contributed by atoms with Gasteiger partial charge in [0.2, 0.25) is 0 Å². The molecule has 2 aromatic heterocycles. The molecule has 1 aliphatic rings. The molecule has 0 radical (unpaired) electrons. The maximum atomic E-state index is 5.94. The van der Waals surface area contributed by atoms with Crippen LogP contribution < -0.4 is 4.90 Å². The van der Waals surface area contributed by atoms with Crippen LogP contribution in [0.3, 0.4) is 0 Å². The van der Waals surface area contributed by atoms with Gasteiger partial charge < -0.3 is 9.47 Å². The molecule has 0 saturated carbocycles. The number of hydrogen-bond acceptors (Lipinski definition) is 3. The Morgan fingerprint density at radius 3 is 3.12 bits per heavy atom. The van der Waals surface area contributed by atoms with Crippen molar-refractivity contribution in [1.82, 2.24) is 14.5 Å². The lowest BCUT2D eigenvalue weighted by atomic mass is 10.2. The zero-order valence-electron chi connectivity index (χ0n) is 9.38. The third kappa shape index (κ3) is 1.89. The van der Waals surface area contributed by atoms with Gasteiger partial charge in [0.15, 0.2) is 0 Å². The van der Waals surface area contributed by atoms with E-state index < -0.39 is 0 Å². The first-order chi connectivity index (χ1) is 8.38. The van der Waals surface area contributed by atoms with E-state index in [2.05, 4.69) is 19.4 Å². The van der Waals surface area contributed by atoms with Crippen LogP contribution in [0.1, 0.15) is 11.4 Å². The molecule has 0 amide bonds. The van der Waals surface area contributed by atoms with Gasteiger partial charge in [-0.15, -0.1) is 11.6 Å². The molecule has 0 bridgehead atoms. The minimum atomic E-state index is 0.494. The lowest BCUT2D eigenvalue weighted by Gasteiger charge is -2.30. The second-order valence-electron chi connectivity index (χ2n) is 4.10. The topological polar surface area (TPSA) is 34.0 Å². The second-order valence-corrected chi connectivity index (χ2v) is 4.36. The zero-order valence-corrected chi connectivity index (χ0v) is 10.1. The highest BCUT2D eigenvalue weighted by Gasteiger charge is 2.18. The SMILES string of the molecule is ClCc1cnccc1N1CCn2ccnc2C1. The van der Waals surface area contributed by atoms with E-state index in [-0.39, 0.29) is 0 Å². The Morgan fingerprint density at radius 1 is 1.29 bits per heavy atom.